The maximum atomic E-state index is 12.3. The van der Waals surface area contributed by atoms with Crippen molar-refractivity contribution in [2.24, 2.45) is 5.73 Å². The summed E-state index contributed by atoms with van der Waals surface area (Å²) < 4.78 is 41.7. The van der Waals surface area contributed by atoms with Crippen molar-refractivity contribution in [2.75, 3.05) is 11.9 Å². The number of hydrogen-bond acceptors (Lipinski definition) is 5. The van der Waals surface area contributed by atoms with Crippen LogP contribution in [-0.2, 0) is 6.54 Å². The number of nitrogens with zero attached hydrogens (tertiary/aromatic N) is 1. The van der Waals surface area contributed by atoms with Crippen molar-refractivity contribution in [3.8, 4) is 5.75 Å². The van der Waals surface area contributed by atoms with Gasteiger partial charge in [0.05, 0.1) is 5.69 Å². The van der Waals surface area contributed by atoms with E-state index in [4.69, 9.17) is 10.5 Å². The van der Waals surface area contributed by atoms with Gasteiger partial charge in [-0.2, -0.15) is 13.2 Å². The molecule has 0 saturated heterocycles. The molecule has 0 saturated carbocycles. The molecular weight excluding hydrogens is 367 g/mol. The van der Waals surface area contributed by atoms with Crippen LogP contribution in [0.15, 0.2) is 23.6 Å². The summed E-state index contributed by atoms with van der Waals surface area (Å²) in [4.78, 5) is 16.1. The second-order valence-corrected chi connectivity index (χ2v) is 5.63. The Balaban J connectivity index is 0.00000288. The summed E-state index contributed by atoms with van der Waals surface area (Å²) in [5, 5.41) is 4.62. The van der Waals surface area contributed by atoms with Gasteiger partial charge in [0.15, 0.2) is 6.61 Å². The third-order valence-electron chi connectivity index (χ3n) is 2.74. The zero-order valence-corrected chi connectivity index (χ0v) is 14.1. The first-order valence-electron chi connectivity index (χ1n) is 6.54. The molecule has 0 spiro atoms. The second kappa shape index (κ2) is 8.32. The van der Waals surface area contributed by atoms with E-state index in [1.54, 1.807) is 13.0 Å². The second-order valence-electron chi connectivity index (χ2n) is 4.69. The molecule has 1 heterocycles. The van der Waals surface area contributed by atoms with E-state index < -0.39 is 18.7 Å². The third-order valence-corrected chi connectivity index (χ3v) is 3.61. The third kappa shape index (κ3) is 5.66. The van der Waals surface area contributed by atoms with E-state index in [9.17, 15) is 18.0 Å². The predicted molar refractivity (Wildman–Crippen MR) is 87.9 cm³/mol. The van der Waals surface area contributed by atoms with Gasteiger partial charge in [-0.15, -0.1) is 23.7 Å². The lowest BCUT2D eigenvalue weighted by Gasteiger charge is -2.14. The van der Waals surface area contributed by atoms with Crippen molar-refractivity contribution in [3.63, 3.8) is 0 Å². The summed E-state index contributed by atoms with van der Waals surface area (Å²) in [6, 6.07) is 4.56. The molecule has 24 heavy (non-hydrogen) atoms. The van der Waals surface area contributed by atoms with Crippen molar-refractivity contribution in [3.05, 3.63) is 39.8 Å². The van der Waals surface area contributed by atoms with Crippen LogP contribution in [0.3, 0.4) is 0 Å². The van der Waals surface area contributed by atoms with Crippen LogP contribution in [0.5, 0.6) is 5.75 Å². The Bertz CT molecular complexity index is 707. The molecule has 0 unspecified atom stereocenters. The molecule has 0 atom stereocenters. The highest BCUT2D eigenvalue weighted by Crippen LogP contribution is 2.28. The van der Waals surface area contributed by atoms with E-state index in [0.29, 0.717) is 10.6 Å². The predicted octanol–water partition coefficient (Wildman–Crippen LogP) is 3.53. The lowest BCUT2D eigenvalue weighted by Crippen LogP contribution is -2.20. The van der Waals surface area contributed by atoms with E-state index in [1.807, 2.05) is 0 Å². The molecule has 2 aromatic rings. The highest BCUT2D eigenvalue weighted by molar-refractivity contribution is 7.09. The molecule has 0 aliphatic carbocycles. The van der Waals surface area contributed by atoms with Gasteiger partial charge >= 0.3 is 6.18 Å². The highest BCUT2D eigenvalue weighted by Gasteiger charge is 2.29. The number of rotatable bonds is 5. The first kappa shape index (κ1) is 20.2. The molecule has 5 nitrogen and oxygen atoms in total. The van der Waals surface area contributed by atoms with E-state index in [1.165, 1.54) is 28.8 Å². The number of benzene rings is 1. The van der Waals surface area contributed by atoms with Gasteiger partial charge in [-0.1, -0.05) is 6.07 Å². The Morgan fingerprint density at radius 2 is 2.12 bits per heavy atom. The minimum Gasteiger partial charge on any atom is -0.482 e. The zero-order valence-electron chi connectivity index (χ0n) is 12.5. The summed E-state index contributed by atoms with van der Waals surface area (Å²) in [7, 11) is 0. The lowest BCUT2D eigenvalue weighted by molar-refractivity contribution is -0.153. The van der Waals surface area contributed by atoms with E-state index in [-0.39, 0.29) is 36.1 Å². The van der Waals surface area contributed by atoms with Crippen LogP contribution in [-0.4, -0.2) is 23.7 Å². The minimum atomic E-state index is -4.46. The molecule has 0 fully saturated rings. The number of aryl methyl sites for hydroxylation is 1. The Morgan fingerprint density at radius 3 is 2.71 bits per heavy atom. The van der Waals surface area contributed by atoms with Gasteiger partial charge < -0.3 is 15.8 Å². The number of aromatic nitrogens is 1. The number of hydrogen-bond donors (Lipinski definition) is 2. The molecule has 2 rings (SSSR count). The Morgan fingerprint density at radius 1 is 1.42 bits per heavy atom. The molecule has 1 aromatic carbocycles. The Hall–Kier alpha value is -1.84. The summed E-state index contributed by atoms with van der Waals surface area (Å²) in [6.45, 7) is 0.482. The van der Waals surface area contributed by atoms with Crippen LogP contribution in [0.25, 0.3) is 0 Å². The van der Waals surface area contributed by atoms with Crippen LogP contribution in [0.4, 0.5) is 18.9 Å². The summed E-state index contributed by atoms with van der Waals surface area (Å²) in [5.74, 6) is -0.591. The van der Waals surface area contributed by atoms with Crippen molar-refractivity contribution in [2.45, 2.75) is 19.6 Å². The fraction of sp³-hybridized carbons (Fsp3) is 0.286. The van der Waals surface area contributed by atoms with Crippen LogP contribution in [0.1, 0.15) is 21.1 Å². The molecule has 3 N–H and O–H groups in total. The maximum Gasteiger partial charge on any atom is 0.422 e. The molecule has 0 aliphatic heterocycles. The normalized spacial score (nSPS) is 10.9. The van der Waals surface area contributed by atoms with Crippen molar-refractivity contribution < 1.29 is 22.7 Å². The average molecular weight is 382 g/mol. The SMILES string of the molecule is Cc1ccc(NC(=O)c2csc(CN)n2)c(OCC(F)(F)F)c1.Cl. The fourth-order valence-electron chi connectivity index (χ4n) is 1.71. The maximum absolute atomic E-state index is 12.3. The van der Waals surface area contributed by atoms with E-state index in [0.717, 1.165) is 0 Å². The molecule has 1 aromatic heterocycles. The van der Waals surface area contributed by atoms with Gasteiger partial charge in [0.2, 0.25) is 0 Å². The number of ether oxygens (including phenoxy) is 1. The number of nitrogens with one attached hydrogen (secondary N) is 1. The van der Waals surface area contributed by atoms with Gasteiger partial charge in [0.25, 0.3) is 5.91 Å². The van der Waals surface area contributed by atoms with Crippen molar-refractivity contribution in [1.82, 2.24) is 4.98 Å². The summed E-state index contributed by atoms with van der Waals surface area (Å²) in [6.07, 6.45) is -4.46. The smallest absolute Gasteiger partial charge is 0.422 e. The first-order chi connectivity index (χ1) is 10.8. The zero-order chi connectivity index (χ0) is 17.0. The number of carbonyl (C=O) groups excluding carboxylic acids is 1. The van der Waals surface area contributed by atoms with Crippen LogP contribution in [0, 0.1) is 6.92 Å². The summed E-state index contributed by atoms with van der Waals surface area (Å²) >= 11 is 1.23. The quantitative estimate of drug-likeness (QED) is 0.830. The minimum absolute atomic E-state index is 0. The van der Waals surface area contributed by atoms with Gasteiger partial charge in [-0.05, 0) is 24.6 Å². The number of thiazole rings is 1. The largest absolute Gasteiger partial charge is 0.482 e. The van der Waals surface area contributed by atoms with Gasteiger partial charge in [0, 0.05) is 11.9 Å². The topological polar surface area (TPSA) is 77.2 Å². The molecular formula is C14H15ClF3N3O2S. The monoisotopic (exact) mass is 381 g/mol. The van der Waals surface area contributed by atoms with Crippen LogP contribution < -0.4 is 15.8 Å². The number of amides is 1. The molecule has 0 bridgehead atoms. The molecule has 1 amide bonds. The average Bonchev–Trinajstić information content (AvgIpc) is 2.95. The number of alkyl halides is 3. The highest BCUT2D eigenvalue weighted by atomic mass is 35.5. The van der Waals surface area contributed by atoms with Crippen LogP contribution in [0.2, 0.25) is 0 Å². The number of anilines is 1. The Labute approximate surface area is 146 Å². The number of carbonyl (C=O) groups is 1. The number of nitrogens with two attached hydrogens (primary N) is 1. The molecule has 0 aliphatic rings. The van der Waals surface area contributed by atoms with Crippen LogP contribution >= 0.6 is 23.7 Å². The van der Waals surface area contributed by atoms with Crippen molar-refractivity contribution in [1.29, 1.82) is 0 Å². The van der Waals surface area contributed by atoms with E-state index >= 15 is 0 Å². The number of halogens is 4. The van der Waals surface area contributed by atoms with Gasteiger partial charge in [-0.3, -0.25) is 4.79 Å². The van der Waals surface area contributed by atoms with E-state index in [2.05, 4.69) is 10.3 Å². The molecule has 0 radical (unpaired) electrons. The Kier molecular flexibility index (Phi) is 7.00. The van der Waals surface area contributed by atoms with Gasteiger partial charge in [-0.25, -0.2) is 4.98 Å². The first-order valence-corrected chi connectivity index (χ1v) is 7.42. The van der Waals surface area contributed by atoms with Crippen molar-refractivity contribution >= 4 is 35.3 Å². The summed E-state index contributed by atoms with van der Waals surface area (Å²) in [5.41, 5.74) is 6.43. The molecule has 10 heteroatoms. The fourth-order valence-corrected chi connectivity index (χ4v) is 2.36. The standard InChI is InChI=1S/C14H14F3N3O2S.ClH/c1-8-2-3-9(11(4-8)22-7-14(15,16)17)20-13(21)10-6-23-12(5-18)19-10;/h2-4,6H,5,7,18H2,1H3,(H,20,21);1H. The van der Waals surface area contributed by atoms with Gasteiger partial charge in [0.1, 0.15) is 16.5 Å². The molecule has 132 valence electrons. The lowest BCUT2D eigenvalue weighted by atomic mass is 10.2.